The maximum absolute atomic E-state index is 13.8. The lowest BCUT2D eigenvalue weighted by molar-refractivity contribution is -0.141. The van der Waals surface area contributed by atoms with Crippen LogP contribution < -0.4 is 0 Å². The molecule has 1 rings (SSSR count). The van der Waals surface area contributed by atoms with E-state index in [4.69, 9.17) is 5.11 Å². The molecule has 4 nitrogen and oxygen atoms in total. The Bertz CT molecular complexity index is 581. The van der Waals surface area contributed by atoms with E-state index in [0.29, 0.717) is 6.26 Å². The number of sulfone groups is 1. The standard InChI is InChI=1S/C11H12F2O4S/c1-6(11(14)15)5-7-3-4-8(12)10(9(7)13)18(2,16)17/h3-4,6H,5H2,1-2H3,(H,14,15). The first-order valence-corrected chi connectivity index (χ1v) is 6.93. The minimum atomic E-state index is -4.04. The van der Waals surface area contributed by atoms with E-state index < -0.39 is 38.3 Å². The first kappa shape index (κ1) is 14.6. The Hall–Kier alpha value is -1.50. The molecule has 0 aliphatic carbocycles. The normalized spacial score (nSPS) is 13.3. The maximum Gasteiger partial charge on any atom is 0.306 e. The highest BCUT2D eigenvalue weighted by molar-refractivity contribution is 7.90. The van der Waals surface area contributed by atoms with Gasteiger partial charge in [-0.3, -0.25) is 4.79 Å². The lowest BCUT2D eigenvalue weighted by Crippen LogP contribution is -2.15. The number of aliphatic carboxylic acids is 1. The number of carboxylic acids is 1. The van der Waals surface area contributed by atoms with Crippen molar-refractivity contribution in [3.63, 3.8) is 0 Å². The van der Waals surface area contributed by atoms with Gasteiger partial charge in [0.15, 0.2) is 9.84 Å². The molecule has 1 unspecified atom stereocenters. The van der Waals surface area contributed by atoms with Gasteiger partial charge in [-0.15, -0.1) is 0 Å². The van der Waals surface area contributed by atoms with Crippen LogP contribution in [0.15, 0.2) is 17.0 Å². The van der Waals surface area contributed by atoms with Crippen molar-refractivity contribution in [2.75, 3.05) is 6.26 Å². The maximum atomic E-state index is 13.8. The highest BCUT2D eigenvalue weighted by Gasteiger charge is 2.24. The van der Waals surface area contributed by atoms with E-state index in [-0.39, 0.29) is 12.0 Å². The Balaban J connectivity index is 3.30. The third-order valence-electron chi connectivity index (χ3n) is 2.45. The van der Waals surface area contributed by atoms with Gasteiger partial charge in [-0.05, 0) is 18.1 Å². The molecule has 0 fully saturated rings. The van der Waals surface area contributed by atoms with Crippen molar-refractivity contribution < 1.29 is 27.1 Å². The molecule has 1 aromatic rings. The fraction of sp³-hybridized carbons (Fsp3) is 0.364. The summed E-state index contributed by atoms with van der Waals surface area (Å²) < 4.78 is 49.6. The molecule has 18 heavy (non-hydrogen) atoms. The van der Waals surface area contributed by atoms with Crippen LogP contribution in [0.4, 0.5) is 8.78 Å². The number of halogens is 2. The summed E-state index contributed by atoms with van der Waals surface area (Å²) in [5.74, 6) is -4.43. The van der Waals surface area contributed by atoms with Crippen LogP contribution >= 0.6 is 0 Å². The van der Waals surface area contributed by atoms with Crippen molar-refractivity contribution in [3.8, 4) is 0 Å². The molecule has 100 valence electrons. The molecule has 0 saturated carbocycles. The van der Waals surface area contributed by atoms with Crippen LogP contribution in [0.25, 0.3) is 0 Å². The molecule has 0 amide bonds. The highest BCUT2D eigenvalue weighted by Crippen LogP contribution is 2.23. The molecule has 1 atom stereocenters. The van der Waals surface area contributed by atoms with Gasteiger partial charge in [0.1, 0.15) is 16.5 Å². The van der Waals surface area contributed by atoms with Crippen molar-refractivity contribution in [2.45, 2.75) is 18.2 Å². The van der Waals surface area contributed by atoms with E-state index in [2.05, 4.69) is 0 Å². The van der Waals surface area contributed by atoms with Gasteiger partial charge in [-0.2, -0.15) is 0 Å². The van der Waals surface area contributed by atoms with Crippen molar-refractivity contribution in [1.82, 2.24) is 0 Å². The monoisotopic (exact) mass is 278 g/mol. The molecule has 7 heteroatoms. The third-order valence-corrected chi connectivity index (χ3v) is 3.56. The Morgan fingerprint density at radius 2 is 1.94 bits per heavy atom. The van der Waals surface area contributed by atoms with Gasteiger partial charge in [0.2, 0.25) is 0 Å². The van der Waals surface area contributed by atoms with Gasteiger partial charge in [-0.25, -0.2) is 17.2 Å². The predicted molar refractivity (Wildman–Crippen MR) is 60.0 cm³/mol. The number of carbonyl (C=O) groups is 1. The molecule has 1 N–H and O–H groups in total. The van der Waals surface area contributed by atoms with Crippen LogP contribution in [0.1, 0.15) is 12.5 Å². The van der Waals surface area contributed by atoms with Gasteiger partial charge in [-0.1, -0.05) is 13.0 Å². The molecule has 1 aromatic carbocycles. The molecule has 0 aliphatic heterocycles. The molecule has 0 heterocycles. The van der Waals surface area contributed by atoms with E-state index in [9.17, 15) is 22.0 Å². The second-order valence-corrected chi connectivity index (χ2v) is 6.02. The molecule has 0 spiro atoms. The average molecular weight is 278 g/mol. The SMILES string of the molecule is CC(Cc1ccc(F)c(S(C)(=O)=O)c1F)C(=O)O. The summed E-state index contributed by atoms with van der Waals surface area (Å²) in [4.78, 5) is 9.63. The molecule has 0 aliphatic rings. The zero-order chi connectivity index (χ0) is 14.1. The quantitative estimate of drug-likeness (QED) is 0.908. The van der Waals surface area contributed by atoms with Gasteiger partial charge < -0.3 is 5.11 Å². The highest BCUT2D eigenvalue weighted by atomic mass is 32.2. The fourth-order valence-electron chi connectivity index (χ4n) is 1.49. The smallest absolute Gasteiger partial charge is 0.306 e. The molecular formula is C11H12F2O4S. The summed E-state index contributed by atoms with van der Waals surface area (Å²) in [7, 11) is -4.04. The summed E-state index contributed by atoms with van der Waals surface area (Å²) in [6.45, 7) is 1.35. The van der Waals surface area contributed by atoms with Crippen LogP contribution in [0, 0.1) is 17.6 Å². The number of hydrogen-bond donors (Lipinski definition) is 1. The van der Waals surface area contributed by atoms with Crippen LogP contribution in [0.2, 0.25) is 0 Å². The number of hydrogen-bond acceptors (Lipinski definition) is 3. The van der Waals surface area contributed by atoms with Crippen molar-refractivity contribution in [1.29, 1.82) is 0 Å². The number of rotatable bonds is 4. The topological polar surface area (TPSA) is 71.4 Å². The van der Waals surface area contributed by atoms with Gasteiger partial charge in [0.05, 0.1) is 5.92 Å². The van der Waals surface area contributed by atoms with Crippen molar-refractivity contribution >= 4 is 15.8 Å². The molecule has 0 saturated heterocycles. The first-order chi connectivity index (χ1) is 8.14. The zero-order valence-corrected chi connectivity index (χ0v) is 10.6. The van der Waals surface area contributed by atoms with E-state index in [1.165, 1.54) is 6.92 Å². The first-order valence-electron chi connectivity index (χ1n) is 5.04. The largest absolute Gasteiger partial charge is 0.481 e. The predicted octanol–water partition coefficient (Wildman–Crippen LogP) is 1.63. The van der Waals surface area contributed by atoms with Gasteiger partial charge in [0.25, 0.3) is 0 Å². The molecule has 0 radical (unpaired) electrons. The summed E-state index contributed by atoms with van der Waals surface area (Å²) in [5.41, 5.74) is -0.133. The lowest BCUT2D eigenvalue weighted by Gasteiger charge is -2.10. The Kier molecular flexibility index (Phi) is 4.05. The van der Waals surface area contributed by atoms with E-state index in [1.807, 2.05) is 0 Å². The van der Waals surface area contributed by atoms with E-state index >= 15 is 0 Å². The minimum Gasteiger partial charge on any atom is -0.481 e. The molecule has 0 bridgehead atoms. The van der Waals surface area contributed by atoms with Gasteiger partial charge >= 0.3 is 5.97 Å². The fourth-order valence-corrected chi connectivity index (χ4v) is 2.37. The Labute approximate surface area is 103 Å². The number of carboxylic acid groups (broad SMARTS) is 1. The van der Waals surface area contributed by atoms with Crippen LogP contribution in [-0.4, -0.2) is 25.7 Å². The Morgan fingerprint density at radius 3 is 2.39 bits per heavy atom. The molecule has 0 aromatic heterocycles. The van der Waals surface area contributed by atoms with Crippen LogP contribution in [0.5, 0.6) is 0 Å². The zero-order valence-electron chi connectivity index (χ0n) is 9.78. The van der Waals surface area contributed by atoms with E-state index in [1.54, 1.807) is 0 Å². The summed E-state index contributed by atoms with van der Waals surface area (Å²) in [6.07, 6.45) is 0.489. The summed E-state index contributed by atoms with van der Waals surface area (Å²) in [5, 5.41) is 8.70. The van der Waals surface area contributed by atoms with Gasteiger partial charge in [0, 0.05) is 6.26 Å². The minimum absolute atomic E-state index is 0.133. The second kappa shape index (κ2) is 5.01. The third kappa shape index (κ3) is 3.04. The van der Waals surface area contributed by atoms with Crippen LogP contribution in [0.3, 0.4) is 0 Å². The summed E-state index contributed by atoms with van der Waals surface area (Å²) in [6, 6.07) is 1.88. The van der Waals surface area contributed by atoms with Crippen molar-refractivity contribution in [3.05, 3.63) is 29.3 Å². The van der Waals surface area contributed by atoms with Crippen molar-refractivity contribution in [2.24, 2.45) is 5.92 Å². The van der Waals surface area contributed by atoms with Crippen LogP contribution in [-0.2, 0) is 21.1 Å². The number of benzene rings is 1. The molecular weight excluding hydrogens is 266 g/mol. The second-order valence-electron chi connectivity index (χ2n) is 4.07. The summed E-state index contributed by atoms with van der Waals surface area (Å²) >= 11 is 0. The Morgan fingerprint density at radius 1 is 1.39 bits per heavy atom. The average Bonchev–Trinajstić information content (AvgIpc) is 2.20. The van der Waals surface area contributed by atoms with E-state index in [0.717, 1.165) is 12.1 Å². The lowest BCUT2D eigenvalue weighted by atomic mass is 10.0.